The van der Waals surface area contributed by atoms with Gasteiger partial charge in [0, 0.05) is 45.1 Å². The topological polar surface area (TPSA) is 84.3 Å². The maximum atomic E-state index is 12.7. The van der Waals surface area contributed by atoms with Gasteiger partial charge in [0.2, 0.25) is 11.8 Å². The fourth-order valence-electron chi connectivity index (χ4n) is 3.29. The van der Waals surface area contributed by atoms with Crippen LogP contribution >= 0.6 is 0 Å². The summed E-state index contributed by atoms with van der Waals surface area (Å²) >= 11 is 0. The van der Waals surface area contributed by atoms with Crippen LogP contribution in [0.5, 0.6) is 0 Å². The lowest BCUT2D eigenvalue weighted by Gasteiger charge is -2.28. The average Bonchev–Trinajstić information content (AvgIpc) is 2.75. The van der Waals surface area contributed by atoms with Crippen LogP contribution in [0.15, 0.2) is 4.79 Å². The van der Waals surface area contributed by atoms with Crippen molar-refractivity contribution < 1.29 is 9.59 Å². The van der Waals surface area contributed by atoms with E-state index in [2.05, 4.69) is 10.3 Å². The predicted octanol–water partition coefficient (Wildman–Crippen LogP) is -0.458. The predicted molar refractivity (Wildman–Crippen MR) is 83.9 cm³/mol. The molecule has 2 aliphatic rings. The minimum absolute atomic E-state index is 0.00766. The molecule has 7 nitrogen and oxygen atoms in total. The molecule has 1 atom stereocenters. The third-order valence-electron chi connectivity index (χ3n) is 4.87. The zero-order chi connectivity index (χ0) is 16.6. The lowest BCUT2D eigenvalue weighted by molar-refractivity contribution is -0.137. The highest BCUT2D eigenvalue weighted by Crippen LogP contribution is 2.17. The number of hydrogen-bond donors (Lipinski definition) is 1. The Labute approximate surface area is 134 Å². The van der Waals surface area contributed by atoms with Crippen molar-refractivity contribution in [3.63, 3.8) is 0 Å². The molecule has 0 saturated carbocycles. The number of piperidine rings is 1. The number of nitrogens with one attached hydrogen (secondary N) is 1. The van der Waals surface area contributed by atoms with E-state index in [4.69, 9.17) is 0 Å². The first-order valence-corrected chi connectivity index (χ1v) is 8.08. The van der Waals surface area contributed by atoms with E-state index in [-0.39, 0.29) is 23.3 Å². The van der Waals surface area contributed by atoms with Crippen LogP contribution in [-0.4, -0.2) is 45.9 Å². The van der Waals surface area contributed by atoms with Crippen molar-refractivity contribution in [1.82, 2.24) is 19.8 Å². The zero-order valence-corrected chi connectivity index (χ0v) is 13.6. The molecule has 1 N–H and O–H groups in total. The van der Waals surface area contributed by atoms with Crippen molar-refractivity contribution in [3.8, 4) is 0 Å². The first-order chi connectivity index (χ1) is 11.0. The van der Waals surface area contributed by atoms with E-state index in [1.807, 2.05) is 11.8 Å². The number of carbonyl (C=O) groups is 2. The monoisotopic (exact) mass is 318 g/mol. The highest BCUT2D eigenvalue weighted by molar-refractivity contribution is 5.83. The SMILES string of the molecule is Cc1nc2c(c(=O)n1C)CCN(C(=O)C1CCC(=O)NC1)CC2. The van der Waals surface area contributed by atoms with Crippen molar-refractivity contribution in [3.05, 3.63) is 27.4 Å². The Bertz CT molecular complexity index is 700. The number of carbonyl (C=O) groups excluding carboxylic acids is 2. The Morgan fingerprint density at radius 3 is 2.65 bits per heavy atom. The van der Waals surface area contributed by atoms with E-state index in [0.29, 0.717) is 51.1 Å². The van der Waals surface area contributed by atoms with Gasteiger partial charge in [-0.15, -0.1) is 0 Å². The molecule has 7 heteroatoms. The summed E-state index contributed by atoms with van der Waals surface area (Å²) in [5, 5.41) is 2.76. The highest BCUT2D eigenvalue weighted by atomic mass is 16.2. The quantitative estimate of drug-likeness (QED) is 0.759. The molecule has 0 bridgehead atoms. The lowest BCUT2D eigenvalue weighted by atomic mass is 9.97. The normalized spacial score (nSPS) is 21.4. The third-order valence-corrected chi connectivity index (χ3v) is 4.87. The fourth-order valence-corrected chi connectivity index (χ4v) is 3.29. The zero-order valence-electron chi connectivity index (χ0n) is 13.6. The Hall–Kier alpha value is -2.18. The molecule has 2 amide bonds. The second kappa shape index (κ2) is 6.14. The summed E-state index contributed by atoms with van der Waals surface area (Å²) in [6.07, 6.45) is 2.16. The molecule has 0 aliphatic carbocycles. The van der Waals surface area contributed by atoms with Gasteiger partial charge < -0.3 is 10.2 Å². The average molecular weight is 318 g/mol. The minimum atomic E-state index is -0.147. The van der Waals surface area contributed by atoms with Gasteiger partial charge in [-0.1, -0.05) is 0 Å². The molecule has 23 heavy (non-hydrogen) atoms. The molecular weight excluding hydrogens is 296 g/mol. The molecular formula is C16H22N4O3. The summed E-state index contributed by atoms with van der Waals surface area (Å²) in [4.78, 5) is 42.6. The van der Waals surface area contributed by atoms with Crippen molar-refractivity contribution in [1.29, 1.82) is 0 Å². The second-order valence-electron chi connectivity index (χ2n) is 6.31. The third kappa shape index (κ3) is 3.00. The van der Waals surface area contributed by atoms with Gasteiger partial charge in [-0.2, -0.15) is 0 Å². The van der Waals surface area contributed by atoms with E-state index >= 15 is 0 Å². The van der Waals surface area contributed by atoms with Gasteiger partial charge in [-0.3, -0.25) is 19.0 Å². The van der Waals surface area contributed by atoms with Crippen LogP contribution in [0.25, 0.3) is 0 Å². The van der Waals surface area contributed by atoms with Gasteiger partial charge in [0.25, 0.3) is 5.56 Å². The van der Waals surface area contributed by atoms with Gasteiger partial charge in [0.15, 0.2) is 0 Å². The molecule has 0 radical (unpaired) electrons. The lowest BCUT2D eigenvalue weighted by Crippen LogP contribution is -2.45. The van der Waals surface area contributed by atoms with Crippen LogP contribution in [0.4, 0.5) is 0 Å². The van der Waals surface area contributed by atoms with Crippen LogP contribution < -0.4 is 10.9 Å². The number of hydrogen-bond acceptors (Lipinski definition) is 4. The number of amides is 2. The Kier molecular flexibility index (Phi) is 4.19. The highest BCUT2D eigenvalue weighted by Gasteiger charge is 2.30. The van der Waals surface area contributed by atoms with Gasteiger partial charge >= 0.3 is 0 Å². The Morgan fingerprint density at radius 1 is 1.22 bits per heavy atom. The fraction of sp³-hybridized carbons (Fsp3) is 0.625. The molecule has 3 heterocycles. The van der Waals surface area contributed by atoms with E-state index in [9.17, 15) is 14.4 Å². The molecule has 124 valence electrons. The van der Waals surface area contributed by atoms with Crippen LogP contribution in [0, 0.1) is 12.8 Å². The van der Waals surface area contributed by atoms with E-state index in [0.717, 1.165) is 11.3 Å². The maximum Gasteiger partial charge on any atom is 0.256 e. The molecule has 1 fully saturated rings. The summed E-state index contributed by atoms with van der Waals surface area (Å²) in [6.45, 7) is 3.35. The number of aromatic nitrogens is 2. The molecule has 1 saturated heterocycles. The largest absolute Gasteiger partial charge is 0.355 e. The number of aryl methyl sites for hydroxylation is 1. The number of nitrogens with zero attached hydrogens (tertiary/aromatic N) is 3. The van der Waals surface area contributed by atoms with Crippen molar-refractivity contribution in [2.45, 2.75) is 32.6 Å². The maximum absolute atomic E-state index is 12.7. The van der Waals surface area contributed by atoms with Crippen molar-refractivity contribution >= 4 is 11.8 Å². The van der Waals surface area contributed by atoms with E-state index in [1.54, 1.807) is 11.6 Å². The Morgan fingerprint density at radius 2 is 1.96 bits per heavy atom. The second-order valence-corrected chi connectivity index (χ2v) is 6.31. The first kappa shape index (κ1) is 15.7. The summed E-state index contributed by atoms with van der Waals surface area (Å²) < 4.78 is 1.56. The molecule has 3 rings (SSSR count). The summed E-state index contributed by atoms with van der Waals surface area (Å²) in [7, 11) is 1.73. The van der Waals surface area contributed by atoms with Gasteiger partial charge in [0.1, 0.15) is 5.82 Å². The minimum Gasteiger partial charge on any atom is -0.355 e. The van der Waals surface area contributed by atoms with Crippen LogP contribution in [0.2, 0.25) is 0 Å². The summed E-state index contributed by atoms with van der Waals surface area (Å²) in [6, 6.07) is 0. The molecule has 1 aromatic rings. The molecule has 1 aromatic heterocycles. The number of fused-ring (bicyclic) bond motifs is 1. The molecule has 0 spiro atoms. The molecule has 1 unspecified atom stereocenters. The van der Waals surface area contributed by atoms with Crippen LogP contribution in [0.3, 0.4) is 0 Å². The molecule has 0 aromatic carbocycles. The number of rotatable bonds is 1. The van der Waals surface area contributed by atoms with Gasteiger partial charge in [-0.05, 0) is 19.8 Å². The molecule has 2 aliphatic heterocycles. The van der Waals surface area contributed by atoms with Gasteiger partial charge in [0.05, 0.1) is 11.6 Å². The van der Waals surface area contributed by atoms with Crippen molar-refractivity contribution in [2.24, 2.45) is 13.0 Å². The van der Waals surface area contributed by atoms with E-state index < -0.39 is 0 Å². The van der Waals surface area contributed by atoms with Crippen LogP contribution in [0.1, 0.15) is 29.9 Å². The van der Waals surface area contributed by atoms with Gasteiger partial charge in [-0.25, -0.2) is 4.98 Å². The Balaban J connectivity index is 1.75. The summed E-state index contributed by atoms with van der Waals surface area (Å²) in [5.41, 5.74) is 1.54. The van der Waals surface area contributed by atoms with Crippen LogP contribution in [-0.2, 0) is 29.5 Å². The smallest absolute Gasteiger partial charge is 0.256 e. The van der Waals surface area contributed by atoms with Crippen molar-refractivity contribution in [2.75, 3.05) is 19.6 Å². The summed E-state index contributed by atoms with van der Waals surface area (Å²) in [5.74, 6) is 0.641. The van der Waals surface area contributed by atoms with E-state index in [1.165, 1.54) is 0 Å². The first-order valence-electron chi connectivity index (χ1n) is 8.08. The standard InChI is InChI=1S/C16H22N4O3/c1-10-18-13-6-8-20(7-5-12(13)16(23)19(10)2)15(22)11-3-4-14(21)17-9-11/h11H,3-9H2,1-2H3,(H,17,21).